The number of hydrogen-bond donors (Lipinski definition) is 2. The Hall–Kier alpha value is -0.130. The van der Waals surface area contributed by atoms with Gasteiger partial charge in [0.25, 0.3) is 0 Å². The number of nitrogens with one attached hydrogen (secondary N) is 2. The molecule has 2 aliphatic rings. The van der Waals surface area contributed by atoms with Crippen molar-refractivity contribution in [3.05, 3.63) is 0 Å². The van der Waals surface area contributed by atoms with E-state index in [-0.39, 0.29) is 11.3 Å². The Labute approximate surface area is 111 Å². The van der Waals surface area contributed by atoms with E-state index in [1.165, 1.54) is 6.42 Å². The molecule has 0 bridgehead atoms. The summed E-state index contributed by atoms with van der Waals surface area (Å²) < 4.78 is 27.6. The van der Waals surface area contributed by atoms with Crippen LogP contribution in [0.1, 0.15) is 51.9 Å². The summed E-state index contributed by atoms with van der Waals surface area (Å²) in [5, 5.41) is 3.03. The minimum absolute atomic E-state index is 0.176. The van der Waals surface area contributed by atoms with Crippen molar-refractivity contribution in [3.63, 3.8) is 0 Å². The summed E-state index contributed by atoms with van der Waals surface area (Å²) in [6.07, 6.45) is 7.06. The van der Waals surface area contributed by atoms with E-state index in [1.807, 2.05) is 0 Å². The van der Waals surface area contributed by atoms with Gasteiger partial charge in [-0.2, -0.15) is 0 Å². The molecule has 2 unspecified atom stereocenters. The quantitative estimate of drug-likeness (QED) is 0.769. The molecule has 0 amide bonds. The Morgan fingerprint density at radius 3 is 2.44 bits per heavy atom. The van der Waals surface area contributed by atoms with Gasteiger partial charge in [0.1, 0.15) is 0 Å². The molecule has 2 atom stereocenters. The van der Waals surface area contributed by atoms with E-state index in [9.17, 15) is 8.42 Å². The van der Waals surface area contributed by atoms with Crippen LogP contribution in [-0.2, 0) is 10.0 Å². The Morgan fingerprint density at radius 2 is 1.72 bits per heavy atom. The van der Waals surface area contributed by atoms with Crippen molar-refractivity contribution in [1.82, 2.24) is 10.0 Å². The molecular weight excluding hydrogens is 248 g/mol. The lowest BCUT2D eigenvalue weighted by molar-refractivity contribution is 0.462. The van der Waals surface area contributed by atoms with Crippen LogP contribution in [-0.4, -0.2) is 32.8 Å². The van der Waals surface area contributed by atoms with Crippen molar-refractivity contribution in [1.29, 1.82) is 0 Å². The SMILES string of the molecule is CC1CCCC(NS(=O)(=O)C2CCNCC2)CC1. The molecule has 0 aromatic heterocycles. The van der Waals surface area contributed by atoms with Gasteiger partial charge in [0, 0.05) is 6.04 Å². The van der Waals surface area contributed by atoms with Crippen LogP contribution in [0.15, 0.2) is 0 Å². The lowest BCUT2D eigenvalue weighted by Crippen LogP contribution is -2.45. The zero-order valence-corrected chi connectivity index (χ0v) is 12.1. The summed E-state index contributed by atoms with van der Waals surface area (Å²) >= 11 is 0. The van der Waals surface area contributed by atoms with Crippen molar-refractivity contribution in [2.45, 2.75) is 63.2 Å². The second-order valence-corrected chi connectivity index (χ2v) is 7.91. The highest BCUT2D eigenvalue weighted by molar-refractivity contribution is 7.90. The summed E-state index contributed by atoms with van der Waals surface area (Å²) in [6, 6.07) is 0.176. The molecule has 4 nitrogen and oxygen atoms in total. The van der Waals surface area contributed by atoms with Crippen LogP contribution >= 0.6 is 0 Å². The molecule has 1 saturated heterocycles. The largest absolute Gasteiger partial charge is 0.317 e. The molecule has 106 valence electrons. The number of sulfonamides is 1. The van der Waals surface area contributed by atoms with Crippen LogP contribution in [0.25, 0.3) is 0 Å². The number of hydrogen-bond acceptors (Lipinski definition) is 3. The van der Waals surface area contributed by atoms with Crippen LogP contribution in [0.5, 0.6) is 0 Å². The first-order chi connectivity index (χ1) is 8.58. The zero-order chi connectivity index (χ0) is 13.0. The van der Waals surface area contributed by atoms with Crippen LogP contribution < -0.4 is 10.0 Å². The Bertz CT molecular complexity index is 350. The molecule has 0 spiro atoms. The monoisotopic (exact) mass is 274 g/mol. The molecule has 2 fully saturated rings. The molecule has 0 aromatic carbocycles. The third kappa shape index (κ3) is 3.93. The van der Waals surface area contributed by atoms with E-state index in [2.05, 4.69) is 17.0 Å². The van der Waals surface area contributed by atoms with Gasteiger partial charge in [-0.25, -0.2) is 13.1 Å². The van der Waals surface area contributed by atoms with Crippen LogP contribution in [0.3, 0.4) is 0 Å². The van der Waals surface area contributed by atoms with Crippen molar-refractivity contribution in [2.75, 3.05) is 13.1 Å². The standard InChI is InChI=1S/C13H26N2O2S/c1-11-3-2-4-12(6-5-11)15-18(16,17)13-7-9-14-10-8-13/h11-15H,2-10H2,1H3. The normalized spacial score (nSPS) is 32.1. The van der Waals surface area contributed by atoms with Crippen LogP contribution in [0.2, 0.25) is 0 Å². The fourth-order valence-corrected chi connectivity index (χ4v) is 4.79. The lowest BCUT2D eigenvalue weighted by Gasteiger charge is -2.25. The molecule has 2 rings (SSSR count). The molecule has 5 heteroatoms. The van der Waals surface area contributed by atoms with Gasteiger partial charge in [-0.15, -0.1) is 0 Å². The predicted molar refractivity (Wildman–Crippen MR) is 74.0 cm³/mol. The third-order valence-corrected chi connectivity index (χ3v) is 6.32. The van der Waals surface area contributed by atoms with Gasteiger partial charge in [-0.3, -0.25) is 0 Å². The first kappa shape index (κ1) is 14.3. The number of rotatable bonds is 3. The fourth-order valence-electron chi connectivity index (χ4n) is 3.04. The van der Waals surface area contributed by atoms with E-state index in [0.717, 1.165) is 57.5 Å². The molecule has 2 N–H and O–H groups in total. The van der Waals surface area contributed by atoms with Gasteiger partial charge < -0.3 is 5.32 Å². The molecule has 0 aromatic rings. The molecule has 1 saturated carbocycles. The van der Waals surface area contributed by atoms with Gasteiger partial charge in [0.05, 0.1) is 5.25 Å². The van der Waals surface area contributed by atoms with Crippen molar-refractivity contribution in [2.24, 2.45) is 5.92 Å². The summed E-state index contributed by atoms with van der Waals surface area (Å²) in [4.78, 5) is 0. The molecule has 0 radical (unpaired) electrons. The van der Waals surface area contributed by atoms with E-state index < -0.39 is 10.0 Å². The second kappa shape index (κ2) is 6.35. The minimum atomic E-state index is -3.11. The van der Waals surface area contributed by atoms with Gasteiger partial charge >= 0.3 is 0 Å². The minimum Gasteiger partial charge on any atom is -0.317 e. The van der Waals surface area contributed by atoms with Gasteiger partial charge in [0.15, 0.2) is 0 Å². The summed E-state index contributed by atoms with van der Waals surface area (Å²) in [7, 11) is -3.11. The maximum Gasteiger partial charge on any atom is 0.214 e. The Balaban J connectivity index is 1.90. The van der Waals surface area contributed by atoms with Gasteiger partial charge in [-0.1, -0.05) is 19.8 Å². The van der Waals surface area contributed by atoms with Gasteiger partial charge in [-0.05, 0) is 51.1 Å². The molecule has 1 aliphatic carbocycles. The second-order valence-electron chi connectivity index (χ2n) is 5.92. The average Bonchev–Trinajstić information content (AvgIpc) is 2.55. The predicted octanol–water partition coefficient (Wildman–Crippen LogP) is 1.63. The first-order valence-corrected chi connectivity index (χ1v) is 8.84. The maximum absolute atomic E-state index is 12.3. The lowest BCUT2D eigenvalue weighted by atomic mass is 10.0. The van der Waals surface area contributed by atoms with Gasteiger partial charge in [0.2, 0.25) is 10.0 Å². The van der Waals surface area contributed by atoms with Crippen molar-refractivity contribution in [3.8, 4) is 0 Å². The van der Waals surface area contributed by atoms with Crippen molar-refractivity contribution >= 4 is 10.0 Å². The van der Waals surface area contributed by atoms with E-state index in [4.69, 9.17) is 0 Å². The molecular formula is C13H26N2O2S. The summed E-state index contributed by atoms with van der Waals surface area (Å²) in [6.45, 7) is 3.92. The molecule has 1 heterocycles. The molecule has 1 aliphatic heterocycles. The first-order valence-electron chi connectivity index (χ1n) is 7.30. The molecule has 18 heavy (non-hydrogen) atoms. The zero-order valence-electron chi connectivity index (χ0n) is 11.3. The average molecular weight is 274 g/mol. The van der Waals surface area contributed by atoms with Crippen LogP contribution in [0.4, 0.5) is 0 Å². The van der Waals surface area contributed by atoms with E-state index in [1.54, 1.807) is 0 Å². The summed E-state index contributed by atoms with van der Waals surface area (Å²) in [5.74, 6) is 0.749. The van der Waals surface area contributed by atoms with Crippen LogP contribution in [0, 0.1) is 5.92 Å². The number of piperidine rings is 1. The third-order valence-electron chi connectivity index (χ3n) is 4.31. The highest BCUT2D eigenvalue weighted by Crippen LogP contribution is 2.24. The highest BCUT2D eigenvalue weighted by atomic mass is 32.2. The Morgan fingerprint density at radius 1 is 1.00 bits per heavy atom. The smallest absolute Gasteiger partial charge is 0.214 e. The maximum atomic E-state index is 12.3. The summed E-state index contributed by atoms with van der Waals surface area (Å²) in [5.41, 5.74) is 0. The highest BCUT2D eigenvalue weighted by Gasteiger charge is 2.29. The Kier molecular flexibility index (Phi) is 5.04. The fraction of sp³-hybridized carbons (Fsp3) is 1.00. The van der Waals surface area contributed by atoms with Crippen molar-refractivity contribution < 1.29 is 8.42 Å². The van der Waals surface area contributed by atoms with E-state index >= 15 is 0 Å². The van der Waals surface area contributed by atoms with E-state index in [0.29, 0.717) is 0 Å². The topological polar surface area (TPSA) is 58.2 Å².